The predicted octanol–water partition coefficient (Wildman–Crippen LogP) is 5.36. The summed E-state index contributed by atoms with van der Waals surface area (Å²) in [5, 5.41) is 0. The van der Waals surface area contributed by atoms with Crippen molar-refractivity contribution >= 4 is 22.6 Å². The van der Waals surface area contributed by atoms with Crippen molar-refractivity contribution < 1.29 is 4.39 Å². The molecule has 110 valence electrons. The maximum Gasteiger partial charge on any atom is 0.128 e. The molecule has 1 unspecified atom stereocenters. The van der Waals surface area contributed by atoms with Crippen LogP contribution in [0.15, 0.2) is 12.1 Å². The number of hydrogen-bond acceptors (Lipinski definition) is 1. The second kappa shape index (κ2) is 6.57. The predicted molar refractivity (Wildman–Crippen MR) is 82.8 cm³/mol. The molecular formula is C16H22ClFN2. The summed E-state index contributed by atoms with van der Waals surface area (Å²) in [6.45, 7) is 6.17. The molecule has 0 aliphatic carbocycles. The van der Waals surface area contributed by atoms with E-state index >= 15 is 0 Å². The van der Waals surface area contributed by atoms with Crippen molar-refractivity contribution in [3.8, 4) is 0 Å². The summed E-state index contributed by atoms with van der Waals surface area (Å²) in [4.78, 5) is 4.47. The molecule has 4 heteroatoms. The second-order valence-corrected chi connectivity index (χ2v) is 5.73. The van der Waals surface area contributed by atoms with Gasteiger partial charge in [0.05, 0.1) is 16.9 Å². The fourth-order valence-corrected chi connectivity index (χ4v) is 2.86. The first-order valence-electron chi connectivity index (χ1n) is 7.31. The Balaban J connectivity index is 2.41. The third-order valence-electron chi connectivity index (χ3n) is 3.83. The molecule has 0 spiro atoms. The molecule has 0 bridgehead atoms. The molecule has 0 amide bonds. The van der Waals surface area contributed by atoms with Gasteiger partial charge in [-0.1, -0.05) is 26.2 Å². The molecule has 1 aromatic carbocycles. The zero-order valence-corrected chi connectivity index (χ0v) is 13.2. The van der Waals surface area contributed by atoms with E-state index in [1.165, 1.54) is 25.3 Å². The fraction of sp³-hybridized carbons (Fsp3) is 0.562. The van der Waals surface area contributed by atoms with Crippen molar-refractivity contribution in [1.29, 1.82) is 0 Å². The van der Waals surface area contributed by atoms with Crippen molar-refractivity contribution in [2.75, 3.05) is 0 Å². The summed E-state index contributed by atoms with van der Waals surface area (Å²) in [5.41, 5.74) is 2.34. The number of nitrogens with zero attached hydrogens (tertiary/aromatic N) is 2. The third-order valence-corrected chi connectivity index (χ3v) is 4.07. The monoisotopic (exact) mass is 296 g/mol. The molecule has 2 aromatic rings. The minimum Gasteiger partial charge on any atom is -0.324 e. The highest BCUT2D eigenvalue weighted by Crippen LogP contribution is 2.27. The number of rotatable bonds is 6. The molecule has 0 N–H and O–H groups in total. The first kappa shape index (κ1) is 15.3. The van der Waals surface area contributed by atoms with Crippen LogP contribution in [0, 0.1) is 12.7 Å². The highest BCUT2D eigenvalue weighted by molar-refractivity contribution is 6.16. The van der Waals surface area contributed by atoms with Gasteiger partial charge in [0.25, 0.3) is 0 Å². The van der Waals surface area contributed by atoms with Crippen molar-refractivity contribution in [3.63, 3.8) is 0 Å². The van der Waals surface area contributed by atoms with Crippen LogP contribution in [-0.2, 0) is 5.88 Å². The van der Waals surface area contributed by atoms with E-state index in [9.17, 15) is 4.39 Å². The van der Waals surface area contributed by atoms with Crippen LogP contribution in [0.2, 0.25) is 0 Å². The lowest BCUT2D eigenvalue weighted by Crippen LogP contribution is -2.08. The molecule has 0 aliphatic rings. The Morgan fingerprint density at radius 1 is 1.35 bits per heavy atom. The number of imidazole rings is 1. The molecule has 0 fully saturated rings. The molecule has 0 radical (unpaired) electrons. The van der Waals surface area contributed by atoms with Crippen LogP contribution in [-0.4, -0.2) is 9.55 Å². The number of aromatic nitrogens is 2. The number of halogens is 2. The lowest BCUT2D eigenvalue weighted by atomic mass is 10.1. The lowest BCUT2D eigenvalue weighted by Gasteiger charge is -2.17. The molecule has 1 heterocycles. The molecule has 20 heavy (non-hydrogen) atoms. The Kier molecular flexibility index (Phi) is 5.03. The van der Waals surface area contributed by atoms with Crippen LogP contribution in [0.5, 0.6) is 0 Å². The molecule has 0 saturated carbocycles. The van der Waals surface area contributed by atoms with Gasteiger partial charge in [0.1, 0.15) is 11.6 Å². The van der Waals surface area contributed by atoms with Crippen molar-refractivity contribution in [2.45, 2.75) is 58.4 Å². The first-order chi connectivity index (χ1) is 9.58. The molecular weight excluding hydrogens is 275 g/mol. The highest BCUT2D eigenvalue weighted by atomic mass is 35.5. The average molecular weight is 297 g/mol. The SMILES string of the molecule is CCCCCC(C)n1c(CCl)nc2cc(F)c(C)cc21. The van der Waals surface area contributed by atoms with E-state index in [1.807, 2.05) is 6.07 Å². The summed E-state index contributed by atoms with van der Waals surface area (Å²) >= 11 is 6.01. The number of aryl methyl sites for hydroxylation is 1. The van der Waals surface area contributed by atoms with Gasteiger partial charge < -0.3 is 4.57 Å². The zero-order valence-electron chi connectivity index (χ0n) is 12.4. The van der Waals surface area contributed by atoms with Gasteiger partial charge in [0.2, 0.25) is 0 Å². The van der Waals surface area contributed by atoms with E-state index in [2.05, 4.69) is 23.4 Å². The summed E-state index contributed by atoms with van der Waals surface area (Å²) in [6.07, 6.45) is 4.74. The zero-order chi connectivity index (χ0) is 14.7. The summed E-state index contributed by atoms with van der Waals surface area (Å²) in [6, 6.07) is 3.73. The van der Waals surface area contributed by atoms with E-state index in [-0.39, 0.29) is 5.82 Å². The van der Waals surface area contributed by atoms with Gasteiger partial charge in [-0.15, -0.1) is 11.6 Å². The number of unbranched alkanes of at least 4 members (excludes halogenated alkanes) is 2. The Morgan fingerprint density at radius 2 is 2.10 bits per heavy atom. The topological polar surface area (TPSA) is 17.8 Å². The molecule has 1 atom stereocenters. The van der Waals surface area contributed by atoms with Crippen LogP contribution in [0.25, 0.3) is 11.0 Å². The molecule has 0 saturated heterocycles. The summed E-state index contributed by atoms with van der Waals surface area (Å²) in [7, 11) is 0. The fourth-order valence-electron chi connectivity index (χ4n) is 2.68. The normalized spacial score (nSPS) is 13.1. The van der Waals surface area contributed by atoms with Crippen LogP contribution in [0.3, 0.4) is 0 Å². The summed E-state index contributed by atoms with van der Waals surface area (Å²) < 4.78 is 15.8. The quantitative estimate of drug-likeness (QED) is 0.518. The van der Waals surface area contributed by atoms with Gasteiger partial charge in [-0.05, 0) is 31.9 Å². The van der Waals surface area contributed by atoms with Gasteiger partial charge in [-0.2, -0.15) is 0 Å². The lowest BCUT2D eigenvalue weighted by molar-refractivity contribution is 0.477. The van der Waals surface area contributed by atoms with Gasteiger partial charge >= 0.3 is 0 Å². The first-order valence-corrected chi connectivity index (χ1v) is 7.84. The average Bonchev–Trinajstić information content (AvgIpc) is 2.77. The van der Waals surface area contributed by atoms with Gasteiger partial charge in [-0.3, -0.25) is 0 Å². The highest BCUT2D eigenvalue weighted by Gasteiger charge is 2.16. The van der Waals surface area contributed by atoms with Crippen molar-refractivity contribution in [3.05, 3.63) is 29.3 Å². The van der Waals surface area contributed by atoms with Crippen molar-refractivity contribution in [1.82, 2.24) is 9.55 Å². The van der Waals surface area contributed by atoms with Crippen LogP contribution in [0.1, 0.15) is 57.0 Å². The van der Waals surface area contributed by atoms with Crippen molar-refractivity contribution in [2.24, 2.45) is 0 Å². The Bertz CT molecular complexity index is 592. The largest absolute Gasteiger partial charge is 0.324 e. The molecule has 1 aromatic heterocycles. The Hall–Kier alpha value is -1.09. The standard InChI is InChI=1S/C16H22ClFN2/c1-4-5-6-7-12(3)20-15-8-11(2)13(18)9-14(15)19-16(20)10-17/h8-9,12H,4-7,10H2,1-3H3. The summed E-state index contributed by atoms with van der Waals surface area (Å²) in [5.74, 6) is 0.977. The number of benzene rings is 1. The third kappa shape index (κ3) is 2.98. The molecule has 2 nitrogen and oxygen atoms in total. The minimum atomic E-state index is -0.207. The maximum absolute atomic E-state index is 13.7. The van der Waals surface area contributed by atoms with Crippen LogP contribution < -0.4 is 0 Å². The minimum absolute atomic E-state index is 0.207. The molecule has 2 rings (SSSR count). The number of alkyl halides is 1. The smallest absolute Gasteiger partial charge is 0.128 e. The van der Waals surface area contributed by atoms with Gasteiger partial charge in [0, 0.05) is 12.1 Å². The number of fused-ring (bicyclic) bond motifs is 1. The van der Waals surface area contributed by atoms with E-state index in [4.69, 9.17) is 11.6 Å². The Labute approximate surface area is 125 Å². The van der Waals surface area contributed by atoms with Gasteiger partial charge in [-0.25, -0.2) is 9.37 Å². The Morgan fingerprint density at radius 3 is 2.75 bits per heavy atom. The van der Waals surface area contributed by atoms with E-state index in [0.29, 0.717) is 23.0 Å². The van der Waals surface area contributed by atoms with Crippen LogP contribution >= 0.6 is 11.6 Å². The van der Waals surface area contributed by atoms with E-state index in [1.54, 1.807) is 6.92 Å². The number of hydrogen-bond donors (Lipinski definition) is 0. The second-order valence-electron chi connectivity index (χ2n) is 5.47. The van der Waals surface area contributed by atoms with Gasteiger partial charge in [0.15, 0.2) is 0 Å². The van der Waals surface area contributed by atoms with E-state index < -0.39 is 0 Å². The van der Waals surface area contributed by atoms with Crippen LogP contribution in [0.4, 0.5) is 4.39 Å². The molecule has 0 aliphatic heterocycles. The van der Waals surface area contributed by atoms with E-state index in [0.717, 1.165) is 17.8 Å². The maximum atomic E-state index is 13.7.